The summed E-state index contributed by atoms with van der Waals surface area (Å²) < 4.78 is 20.8. The van der Waals surface area contributed by atoms with E-state index in [4.69, 9.17) is 39.5 Å². The van der Waals surface area contributed by atoms with E-state index in [1.54, 1.807) is 17.6 Å². The van der Waals surface area contributed by atoms with Crippen LogP contribution in [0.1, 0.15) is 23.0 Å². The monoisotopic (exact) mass is 483 g/mol. The summed E-state index contributed by atoms with van der Waals surface area (Å²) in [6.45, 7) is 3.84. The second-order valence-corrected chi connectivity index (χ2v) is 7.89. The maximum absolute atomic E-state index is 14.2. The zero-order valence-corrected chi connectivity index (χ0v) is 19.0. The quantitative estimate of drug-likeness (QED) is 0.460. The van der Waals surface area contributed by atoms with Crippen molar-refractivity contribution in [1.82, 2.24) is 4.57 Å². The Morgan fingerprint density at radius 1 is 1.10 bits per heavy atom. The van der Waals surface area contributed by atoms with E-state index in [1.807, 2.05) is 6.92 Å². The number of hydrogen-bond donors (Lipinski definition) is 1. The molecule has 0 atom stereocenters. The molecule has 3 rings (SSSR count). The van der Waals surface area contributed by atoms with Crippen molar-refractivity contribution in [1.29, 1.82) is 0 Å². The number of carbonyl (C=O) groups is 1. The molecule has 0 saturated heterocycles. The molecule has 1 heterocycles. The largest absolute Gasteiger partial charge is 0.494 e. The number of rotatable bonds is 5. The molecule has 0 aliphatic heterocycles. The zero-order valence-electron chi connectivity index (χ0n) is 16.7. The first kappa shape index (κ1) is 23.1. The van der Waals surface area contributed by atoms with Crippen LogP contribution in [-0.2, 0) is 6.54 Å². The molecule has 0 saturated carbocycles. The fraction of sp³-hybridized carbons (Fsp3) is 0.182. The van der Waals surface area contributed by atoms with Gasteiger partial charge in [-0.2, -0.15) is 0 Å². The molecule has 1 aromatic heterocycles. The van der Waals surface area contributed by atoms with E-state index in [1.165, 1.54) is 31.4 Å². The van der Waals surface area contributed by atoms with Gasteiger partial charge in [0.25, 0.3) is 0 Å². The molecule has 2 aromatic carbocycles. The van der Waals surface area contributed by atoms with Crippen molar-refractivity contribution in [2.24, 2.45) is 0 Å². The van der Waals surface area contributed by atoms with Gasteiger partial charge in [-0.25, -0.2) is 9.18 Å². The van der Waals surface area contributed by atoms with Crippen LogP contribution in [0.5, 0.6) is 5.75 Å². The molecule has 162 valence electrons. The Morgan fingerprint density at radius 3 is 2.29 bits per heavy atom. The fourth-order valence-corrected chi connectivity index (χ4v) is 4.08. The van der Waals surface area contributed by atoms with Gasteiger partial charge in [-0.05, 0) is 43.7 Å². The zero-order chi connectivity index (χ0) is 23.0. The van der Waals surface area contributed by atoms with Crippen molar-refractivity contribution in [3.05, 3.63) is 72.7 Å². The van der Waals surface area contributed by atoms with Crippen molar-refractivity contribution < 1.29 is 19.0 Å². The van der Waals surface area contributed by atoms with E-state index < -0.39 is 22.8 Å². The molecule has 0 bridgehead atoms. The highest BCUT2D eigenvalue weighted by Crippen LogP contribution is 2.36. The second-order valence-electron chi connectivity index (χ2n) is 6.67. The van der Waals surface area contributed by atoms with Gasteiger partial charge in [0, 0.05) is 23.4 Å². The third kappa shape index (κ3) is 4.03. The average molecular weight is 485 g/mol. The highest BCUT2D eigenvalue weighted by atomic mass is 35.5. The maximum Gasteiger partial charge on any atom is 0.341 e. The number of carboxylic acid groups (broad SMARTS) is 1. The van der Waals surface area contributed by atoms with Crippen LogP contribution >= 0.6 is 34.8 Å². The Morgan fingerprint density at radius 2 is 1.74 bits per heavy atom. The summed E-state index contributed by atoms with van der Waals surface area (Å²) in [7, 11) is 1.27. The molecule has 0 unspecified atom stereocenters. The lowest BCUT2D eigenvalue weighted by molar-refractivity contribution is 0.0695. The number of methoxy groups -OCH3 is 1. The second kappa shape index (κ2) is 8.91. The van der Waals surface area contributed by atoms with E-state index >= 15 is 0 Å². The molecule has 3 aromatic rings. The molecule has 5 nitrogen and oxygen atoms in total. The Balaban J connectivity index is 2.47. The summed E-state index contributed by atoms with van der Waals surface area (Å²) in [6, 6.07) is 7.22. The number of hydrogen-bond acceptors (Lipinski definition) is 3. The Hall–Kier alpha value is -2.54. The Kier molecular flexibility index (Phi) is 6.65. The molecule has 0 fully saturated rings. The minimum atomic E-state index is -1.41. The summed E-state index contributed by atoms with van der Waals surface area (Å²) in [5.74, 6) is -2.34. The molecule has 0 spiro atoms. The van der Waals surface area contributed by atoms with Gasteiger partial charge in [-0.3, -0.25) is 4.79 Å². The van der Waals surface area contributed by atoms with Crippen molar-refractivity contribution in [2.45, 2.75) is 20.4 Å². The lowest BCUT2D eigenvalue weighted by Crippen LogP contribution is -2.25. The first-order valence-corrected chi connectivity index (χ1v) is 10.2. The SMILES string of the molecule is CCn1c(C)c(-c2cc(Cl)c(F)c(OC)c2)c(=O)c(C(=O)O)c1-c1ccc(Cl)c(Cl)c1. The highest BCUT2D eigenvalue weighted by molar-refractivity contribution is 6.42. The van der Waals surface area contributed by atoms with E-state index in [0.717, 1.165) is 0 Å². The minimum Gasteiger partial charge on any atom is -0.494 e. The number of aromatic carboxylic acids is 1. The van der Waals surface area contributed by atoms with Gasteiger partial charge >= 0.3 is 5.97 Å². The number of aromatic nitrogens is 1. The summed E-state index contributed by atoms with van der Waals surface area (Å²) in [5.41, 5.74) is 0.249. The number of halogens is 4. The van der Waals surface area contributed by atoms with Crippen molar-refractivity contribution in [2.75, 3.05) is 7.11 Å². The molecule has 0 radical (unpaired) electrons. The van der Waals surface area contributed by atoms with Crippen LogP contribution in [0, 0.1) is 12.7 Å². The van der Waals surface area contributed by atoms with Gasteiger partial charge in [-0.1, -0.05) is 40.9 Å². The lowest BCUT2D eigenvalue weighted by Gasteiger charge is -2.21. The number of benzene rings is 2. The topological polar surface area (TPSA) is 68.5 Å². The van der Waals surface area contributed by atoms with Gasteiger partial charge in [0.1, 0.15) is 5.56 Å². The number of ether oxygens (including phenoxy) is 1. The predicted octanol–water partition coefficient (Wildman–Crippen LogP) is 6.32. The normalized spacial score (nSPS) is 10.9. The molecule has 0 aliphatic rings. The van der Waals surface area contributed by atoms with Gasteiger partial charge in [0.15, 0.2) is 11.6 Å². The smallest absolute Gasteiger partial charge is 0.341 e. The van der Waals surface area contributed by atoms with Crippen LogP contribution in [-0.4, -0.2) is 22.8 Å². The van der Waals surface area contributed by atoms with Gasteiger partial charge in [0.2, 0.25) is 5.43 Å². The van der Waals surface area contributed by atoms with Crippen LogP contribution in [0.2, 0.25) is 15.1 Å². The maximum atomic E-state index is 14.2. The summed E-state index contributed by atoms with van der Waals surface area (Å²) in [6.07, 6.45) is 0. The van der Waals surface area contributed by atoms with Gasteiger partial charge < -0.3 is 14.4 Å². The number of carboxylic acids is 1. The van der Waals surface area contributed by atoms with Crippen LogP contribution < -0.4 is 10.2 Å². The van der Waals surface area contributed by atoms with Crippen molar-refractivity contribution >= 4 is 40.8 Å². The average Bonchev–Trinajstić information content (AvgIpc) is 2.71. The summed E-state index contributed by atoms with van der Waals surface area (Å²) in [4.78, 5) is 25.6. The van der Waals surface area contributed by atoms with Gasteiger partial charge in [-0.15, -0.1) is 0 Å². The van der Waals surface area contributed by atoms with E-state index in [2.05, 4.69) is 0 Å². The molecule has 31 heavy (non-hydrogen) atoms. The van der Waals surface area contributed by atoms with Crippen molar-refractivity contribution in [3.63, 3.8) is 0 Å². The Bertz CT molecular complexity index is 1270. The molecule has 9 heteroatoms. The molecular weight excluding hydrogens is 468 g/mol. The Labute approximate surface area is 192 Å². The van der Waals surface area contributed by atoms with Gasteiger partial charge in [0.05, 0.1) is 27.9 Å². The minimum absolute atomic E-state index is 0.0864. The third-order valence-corrected chi connectivity index (χ3v) is 5.97. The first-order chi connectivity index (χ1) is 14.6. The molecular formula is C22H17Cl3FNO4. The third-order valence-electron chi connectivity index (χ3n) is 4.95. The van der Waals surface area contributed by atoms with E-state index in [-0.39, 0.29) is 32.6 Å². The van der Waals surface area contributed by atoms with Crippen molar-refractivity contribution in [3.8, 4) is 28.1 Å². The molecule has 0 aliphatic carbocycles. The lowest BCUT2D eigenvalue weighted by atomic mass is 9.96. The molecule has 0 amide bonds. The molecule has 1 N–H and O–H groups in total. The summed E-state index contributed by atoms with van der Waals surface area (Å²) >= 11 is 18.1. The number of nitrogens with zero attached hydrogens (tertiary/aromatic N) is 1. The predicted molar refractivity (Wildman–Crippen MR) is 120 cm³/mol. The standard InChI is InChI=1S/C22H17Cl3FNO4/c1-4-27-10(2)17(12-8-15(25)19(26)16(9-12)31-3)21(28)18(22(29)30)20(27)11-5-6-13(23)14(24)7-11/h5-9H,4H2,1-3H3,(H,29,30). The van der Waals surface area contributed by atoms with Crippen LogP contribution in [0.3, 0.4) is 0 Å². The summed E-state index contributed by atoms with van der Waals surface area (Å²) in [5, 5.41) is 10.2. The van der Waals surface area contributed by atoms with Crippen LogP contribution in [0.15, 0.2) is 35.1 Å². The van der Waals surface area contributed by atoms with Crippen LogP contribution in [0.4, 0.5) is 4.39 Å². The van der Waals surface area contributed by atoms with E-state index in [9.17, 15) is 19.1 Å². The highest BCUT2D eigenvalue weighted by Gasteiger charge is 2.26. The van der Waals surface area contributed by atoms with Crippen LogP contribution in [0.25, 0.3) is 22.4 Å². The first-order valence-electron chi connectivity index (χ1n) is 9.11. The fourth-order valence-electron chi connectivity index (χ4n) is 3.57. The van der Waals surface area contributed by atoms with E-state index in [0.29, 0.717) is 22.8 Å². The number of pyridine rings is 1.